The molecule has 0 atom stereocenters. The lowest BCUT2D eigenvalue weighted by Gasteiger charge is -2.20. The molecule has 0 aliphatic heterocycles. The predicted octanol–water partition coefficient (Wildman–Crippen LogP) is 2.91. The third kappa shape index (κ3) is 3.66. The molecule has 0 spiro atoms. The molecule has 0 aliphatic rings. The van der Waals surface area contributed by atoms with Crippen molar-refractivity contribution >= 4 is 22.8 Å². The Morgan fingerprint density at radius 3 is 2.67 bits per heavy atom. The molecule has 0 N–H and O–H groups in total. The number of ether oxygens (including phenoxy) is 1. The number of likely N-dealkylation sites (N-methyl/N-ethyl adjacent to an activating group) is 1. The second kappa shape index (κ2) is 7.61. The number of pyridine rings is 1. The van der Waals surface area contributed by atoms with Crippen LogP contribution in [0.2, 0.25) is 0 Å². The molecular weight excluding hydrogens is 288 g/mol. The summed E-state index contributed by atoms with van der Waals surface area (Å²) in [5, 5.41) is 0. The molecule has 5 nitrogen and oxygen atoms in total. The number of hydrogen-bond donors (Lipinski definition) is 0. The molecule has 2 aromatic heterocycles. The third-order valence-corrected chi connectivity index (χ3v) is 3.84. The van der Waals surface area contributed by atoms with E-state index in [9.17, 15) is 0 Å². The van der Waals surface area contributed by atoms with Gasteiger partial charge in [-0.1, -0.05) is 13.8 Å². The minimum Gasteiger partial charge on any atom is -0.481 e. The summed E-state index contributed by atoms with van der Waals surface area (Å²) in [7, 11) is 1.62. The Balaban J connectivity index is 2.27. The van der Waals surface area contributed by atoms with E-state index >= 15 is 0 Å². The summed E-state index contributed by atoms with van der Waals surface area (Å²) in [6.07, 6.45) is 1.16. The lowest BCUT2D eigenvalue weighted by Crippen LogP contribution is -2.28. The molecule has 2 aromatic rings. The van der Waals surface area contributed by atoms with Gasteiger partial charge in [-0.25, -0.2) is 4.98 Å². The molecule has 0 aliphatic carbocycles. The highest BCUT2D eigenvalue weighted by Crippen LogP contribution is 2.19. The van der Waals surface area contributed by atoms with E-state index in [-0.39, 0.29) is 0 Å². The average molecular weight is 311 g/mol. The van der Waals surface area contributed by atoms with Crippen LogP contribution in [0.5, 0.6) is 5.88 Å². The van der Waals surface area contributed by atoms with Gasteiger partial charge in [0.25, 0.3) is 0 Å². The van der Waals surface area contributed by atoms with Gasteiger partial charge >= 0.3 is 0 Å². The van der Waals surface area contributed by atoms with Gasteiger partial charge < -0.3 is 14.2 Å². The quantitative estimate of drug-likeness (QED) is 0.703. The van der Waals surface area contributed by atoms with Crippen LogP contribution in [0, 0.1) is 0 Å². The van der Waals surface area contributed by atoms with Crippen molar-refractivity contribution < 1.29 is 4.74 Å². The third-order valence-electron chi connectivity index (χ3n) is 3.60. The summed E-state index contributed by atoms with van der Waals surface area (Å²) in [5.74, 6) is 1.85. The van der Waals surface area contributed by atoms with Crippen LogP contribution in [0.25, 0.3) is 11.2 Å². The lowest BCUT2D eigenvalue weighted by molar-refractivity contribution is 0.276. The van der Waals surface area contributed by atoms with E-state index in [1.807, 2.05) is 12.1 Å². The Kier molecular flexibility index (Phi) is 5.82. The van der Waals surface area contributed by atoms with Gasteiger partial charge in [-0.05, 0) is 25.6 Å². The monoisotopic (exact) mass is 310 g/mol. The standard InChI is InChI=1S/C15H23ClN4O/c1-4-8-19(5-2)9-10-20-13(11-16)17-12-6-7-14(21-3)18-15(12)20/h6-7H,4-5,8-11H2,1-3H3. The Morgan fingerprint density at radius 2 is 2.05 bits per heavy atom. The van der Waals surface area contributed by atoms with Crippen molar-refractivity contribution in [3.8, 4) is 5.88 Å². The van der Waals surface area contributed by atoms with Crippen LogP contribution in [0.15, 0.2) is 12.1 Å². The molecule has 2 heterocycles. The summed E-state index contributed by atoms with van der Waals surface area (Å²) >= 11 is 6.03. The minimum atomic E-state index is 0.387. The number of rotatable bonds is 8. The van der Waals surface area contributed by atoms with Crippen LogP contribution >= 0.6 is 11.6 Å². The van der Waals surface area contributed by atoms with E-state index < -0.39 is 0 Å². The average Bonchev–Trinajstić information content (AvgIpc) is 2.88. The smallest absolute Gasteiger partial charge is 0.215 e. The molecule has 0 radical (unpaired) electrons. The van der Waals surface area contributed by atoms with E-state index in [0.29, 0.717) is 11.8 Å². The van der Waals surface area contributed by atoms with Crippen molar-refractivity contribution in [3.05, 3.63) is 18.0 Å². The van der Waals surface area contributed by atoms with Crippen LogP contribution < -0.4 is 4.74 Å². The zero-order valence-corrected chi connectivity index (χ0v) is 13.7. The number of methoxy groups -OCH3 is 1. The molecule has 0 unspecified atom stereocenters. The molecule has 21 heavy (non-hydrogen) atoms. The summed E-state index contributed by atoms with van der Waals surface area (Å²) < 4.78 is 7.31. The second-order valence-electron chi connectivity index (χ2n) is 4.94. The van der Waals surface area contributed by atoms with Gasteiger partial charge in [0.1, 0.15) is 11.3 Å². The molecule has 0 amide bonds. The second-order valence-corrected chi connectivity index (χ2v) is 5.21. The van der Waals surface area contributed by atoms with Gasteiger partial charge in [-0.3, -0.25) is 0 Å². The van der Waals surface area contributed by atoms with Crippen molar-refractivity contribution in [2.45, 2.75) is 32.7 Å². The molecule has 0 saturated carbocycles. The highest BCUT2D eigenvalue weighted by molar-refractivity contribution is 6.16. The number of fused-ring (bicyclic) bond motifs is 1. The zero-order chi connectivity index (χ0) is 15.2. The van der Waals surface area contributed by atoms with E-state index in [1.165, 1.54) is 0 Å². The summed E-state index contributed by atoms with van der Waals surface area (Å²) in [6.45, 7) is 8.35. The Bertz CT molecular complexity index is 584. The normalized spacial score (nSPS) is 11.5. The van der Waals surface area contributed by atoms with Gasteiger partial charge in [0, 0.05) is 19.2 Å². The fourth-order valence-electron chi connectivity index (χ4n) is 2.47. The lowest BCUT2D eigenvalue weighted by atomic mass is 10.4. The van der Waals surface area contributed by atoms with Gasteiger partial charge in [-0.15, -0.1) is 11.6 Å². The molecule has 2 rings (SSSR count). The Labute approximate surface area is 130 Å². The minimum absolute atomic E-state index is 0.387. The van der Waals surface area contributed by atoms with Crippen LogP contribution in [0.1, 0.15) is 26.1 Å². The van der Waals surface area contributed by atoms with Crippen LogP contribution in [-0.2, 0) is 12.4 Å². The highest BCUT2D eigenvalue weighted by Gasteiger charge is 2.13. The number of imidazole rings is 1. The summed E-state index contributed by atoms with van der Waals surface area (Å²) in [6, 6.07) is 3.75. The van der Waals surface area contributed by atoms with Crippen molar-refractivity contribution in [3.63, 3.8) is 0 Å². The maximum Gasteiger partial charge on any atom is 0.215 e. The fourth-order valence-corrected chi connectivity index (χ4v) is 2.67. The number of nitrogens with zero attached hydrogens (tertiary/aromatic N) is 4. The van der Waals surface area contributed by atoms with Crippen molar-refractivity contribution in [2.24, 2.45) is 0 Å². The number of aromatic nitrogens is 3. The van der Waals surface area contributed by atoms with Crippen LogP contribution in [0.4, 0.5) is 0 Å². The van der Waals surface area contributed by atoms with Crippen LogP contribution in [-0.4, -0.2) is 46.2 Å². The van der Waals surface area contributed by atoms with E-state index in [0.717, 1.165) is 49.6 Å². The maximum absolute atomic E-state index is 6.03. The Morgan fingerprint density at radius 1 is 1.24 bits per heavy atom. The summed E-state index contributed by atoms with van der Waals surface area (Å²) in [5.41, 5.74) is 1.71. The van der Waals surface area contributed by atoms with E-state index in [2.05, 4.69) is 33.3 Å². The van der Waals surface area contributed by atoms with Gasteiger partial charge in [0.05, 0.1) is 13.0 Å². The molecule has 116 valence electrons. The van der Waals surface area contributed by atoms with Crippen molar-refractivity contribution in [1.29, 1.82) is 0 Å². The molecule has 0 aromatic carbocycles. The molecule has 0 saturated heterocycles. The number of halogens is 1. The van der Waals surface area contributed by atoms with Crippen molar-refractivity contribution in [2.75, 3.05) is 26.7 Å². The SMILES string of the molecule is CCCN(CC)CCn1c(CCl)nc2ccc(OC)nc21. The molecule has 0 bridgehead atoms. The maximum atomic E-state index is 6.03. The van der Waals surface area contributed by atoms with Gasteiger partial charge in [-0.2, -0.15) is 4.98 Å². The largest absolute Gasteiger partial charge is 0.481 e. The first-order valence-electron chi connectivity index (χ1n) is 7.41. The van der Waals surface area contributed by atoms with Crippen LogP contribution in [0.3, 0.4) is 0 Å². The fraction of sp³-hybridized carbons (Fsp3) is 0.600. The van der Waals surface area contributed by atoms with Gasteiger partial charge in [0.2, 0.25) is 5.88 Å². The topological polar surface area (TPSA) is 43.2 Å². The van der Waals surface area contributed by atoms with Gasteiger partial charge in [0.15, 0.2) is 5.65 Å². The first kappa shape index (κ1) is 16.0. The Hall–Kier alpha value is -1.33. The predicted molar refractivity (Wildman–Crippen MR) is 86.0 cm³/mol. The number of alkyl halides is 1. The zero-order valence-electron chi connectivity index (χ0n) is 13.0. The number of hydrogen-bond acceptors (Lipinski definition) is 4. The molecule has 0 fully saturated rings. The highest BCUT2D eigenvalue weighted by atomic mass is 35.5. The first-order valence-corrected chi connectivity index (χ1v) is 7.95. The first-order chi connectivity index (χ1) is 10.2. The van der Waals surface area contributed by atoms with E-state index in [1.54, 1.807) is 7.11 Å². The van der Waals surface area contributed by atoms with E-state index in [4.69, 9.17) is 16.3 Å². The molecular formula is C15H23ClN4O. The molecule has 6 heteroatoms. The van der Waals surface area contributed by atoms with Crippen molar-refractivity contribution in [1.82, 2.24) is 19.4 Å². The summed E-state index contributed by atoms with van der Waals surface area (Å²) in [4.78, 5) is 11.5.